The zero-order valence-electron chi connectivity index (χ0n) is 23.0. The van der Waals surface area contributed by atoms with Gasteiger partial charge < -0.3 is 25.0 Å². The van der Waals surface area contributed by atoms with Gasteiger partial charge in [-0.2, -0.15) is 4.31 Å². The number of sulfonamides is 1. The van der Waals surface area contributed by atoms with E-state index < -0.39 is 16.1 Å². The minimum Gasteiger partial charge on any atom is -0.491 e. The number of anilines is 2. The molecule has 1 aromatic carbocycles. The summed E-state index contributed by atoms with van der Waals surface area (Å²) in [5, 5.41) is 13.0. The van der Waals surface area contributed by atoms with E-state index in [0.717, 1.165) is 30.0 Å². The Kier molecular flexibility index (Phi) is 9.45. The number of aliphatic hydroxyl groups is 1. The summed E-state index contributed by atoms with van der Waals surface area (Å²) in [6.45, 7) is 4.12. The van der Waals surface area contributed by atoms with Crippen molar-refractivity contribution in [3.05, 3.63) is 30.3 Å². The molecule has 0 radical (unpaired) electrons. The fraction of sp³-hybridized carbons (Fsp3) is 0.630. The lowest BCUT2D eigenvalue weighted by atomic mass is 9.94. The summed E-state index contributed by atoms with van der Waals surface area (Å²) in [5.41, 5.74) is 0.827. The molecule has 2 atom stereocenters. The number of piperazine rings is 1. The fourth-order valence-electron chi connectivity index (χ4n) is 5.40. The van der Waals surface area contributed by atoms with Crippen LogP contribution in [0.3, 0.4) is 0 Å². The van der Waals surface area contributed by atoms with Gasteiger partial charge in [-0.05, 0) is 38.9 Å². The number of aromatic nitrogens is 2. The van der Waals surface area contributed by atoms with Crippen LogP contribution in [0.5, 0.6) is 5.75 Å². The first-order valence-electron chi connectivity index (χ1n) is 13.5. The van der Waals surface area contributed by atoms with Gasteiger partial charge in [0.2, 0.25) is 10.0 Å². The van der Waals surface area contributed by atoms with Crippen LogP contribution in [0.1, 0.15) is 39.0 Å². The highest BCUT2D eigenvalue weighted by atomic mass is 32.2. The minimum atomic E-state index is -3.26. The van der Waals surface area contributed by atoms with E-state index >= 15 is 0 Å². The number of rotatable bonds is 10. The van der Waals surface area contributed by atoms with Crippen molar-refractivity contribution in [2.24, 2.45) is 0 Å². The first-order valence-corrected chi connectivity index (χ1v) is 15.4. The summed E-state index contributed by atoms with van der Waals surface area (Å²) in [4.78, 5) is 14.4. The largest absolute Gasteiger partial charge is 0.491 e. The van der Waals surface area contributed by atoms with E-state index in [2.05, 4.69) is 22.2 Å². The van der Waals surface area contributed by atoms with Crippen molar-refractivity contribution in [2.75, 3.05) is 62.9 Å². The molecule has 38 heavy (non-hydrogen) atoms. The average molecular weight is 547 g/mol. The van der Waals surface area contributed by atoms with Gasteiger partial charge in [-0.3, -0.25) is 0 Å². The third-order valence-electron chi connectivity index (χ3n) is 7.47. The molecule has 10 nitrogen and oxygen atoms in total. The van der Waals surface area contributed by atoms with Gasteiger partial charge in [-0.1, -0.05) is 31.4 Å². The molecular formula is C27H42N6O4S. The van der Waals surface area contributed by atoms with Crippen molar-refractivity contribution in [1.82, 2.24) is 19.6 Å². The summed E-state index contributed by atoms with van der Waals surface area (Å²) in [7, 11) is 0.641. The molecule has 1 saturated carbocycles. The summed E-state index contributed by atoms with van der Waals surface area (Å²) in [6, 6.07) is 9.95. The molecular weight excluding hydrogens is 504 g/mol. The lowest BCUT2D eigenvalue weighted by molar-refractivity contribution is 0.108. The lowest BCUT2D eigenvalue weighted by Gasteiger charge is -2.39. The molecule has 1 saturated heterocycles. The predicted octanol–water partition coefficient (Wildman–Crippen LogP) is 2.34. The topological polar surface area (TPSA) is 111 Å². The van der Waals surface area contributed by atoms with Crippen LogP contribution in [0.4, 0.5) is 11.6 Å². The van der Waals surface area contributed by atoms with Crippen molar-refractivity contribution in [1.29, 1.82) is 0 Å². The molecule has 2 N–H and O–H groups in total. The van der Waals surface area contributed by atoms with E-state index in [1.807, 2.05) is 37.3 Å². The number of ether oxygens (including phenoxy) is 1. The Morgan fingerprint density at radius 3 is 2.63 bits per heavy atom. The molecule has 4 rings (SSSR count). The highest BCUT2D eigenvalue weighted by Gasteiger charge is 2.31. The molecule has 1 aliphatic carbocycles. The zero-order chi connectivity index (χ0) is 27.3. The maximum absolute atomic E-state index is 12.2. The fourth-order valence-corrected chi connectivity index (χ4v) is 6.54. The standard InChI is InChI=1S/C27H42N6O4S/c1-20-18-32(13-14-33(20)38(4,35)36)26-16-25(31(3)22-10-6-5-7-11-22)29-27(30-26)21-9-8-12-24(15-21)37-19-23(34)17-28-2/h8-9,12,15-16,20,22-23,28,34H,5-7,10-11,13-14,17-19H2,1-4H3/t20-,23?/m0/s1. The van der Waals surface area contributed by atoms with Crippen molar-refractivity contribution in [2.45, 2.75) is 57.2 Å². The number of aliphatic hydroxyl groups excluding tert-OH is 1. The molecule has 2 fully saturated rings. The number of likely N-dealkylation sites (N-methyl/N-ethyl adjacent to an activating group) is 1. The first-order chi connectivity index (χ1) is 18.2. The van der Waals surface area contributed by atoms with Crippen LogP contribution in [0.2, 0.25) is 0 Å². The van der Waals surface area contributed by atoms with E-state index in [4.69, 9.17) is 14.7 Å². The molecule has 1 aliphatic heterocycles. The van der Waals surface area contributed by atoms with Crippen LogP contribution < -0.4 is 19.9 Å². The highest BCUT2D eigenvalue weighted by Crippen LogP contribution is 2.31. The van der Waals surface area contributed by atoms with Crippen LogP contribution in [-0.4, -0.2) is 99.1 Å². The average Bonchev–Trinajstić information content (AvgIpc) is 2.91. The Morgan fingerprint density at radius 1 is 1.18 bits per heavy atom. The number of nitrogens with zero attached hydrogens (tertiary/aromatic N) is 5. The number of hydrogen-bond donors (Lipinski definition) is 2. The Bertz CT molecular complexity index is 1170. The Labute approximate surface area is 227 Å². The monoisotopic (exact) mass is 546 g/mol. The third kappa shape index (κ3) is 7.13. The van der Waals surface area contributed by atoms with Crippen LogP contribution in [0.15, 0.2) is 30.3 Å². The van der Waals surface area contributed by atoms with E-state index in [0.29, 0.717) is 43.8 Å². The van der Waals surface area contributed by atoms with Gasteiger partial charge in [-0.15, -0.1) is 0 Å². The van der Waals surface area contributed by atoms with E-state index in [-0.39, 0.29) is 12.6 Å². The van der Waals surface area contributed by atoms with Gasteiger partial charge in [0.1, 0.15) is 30.1 Å². The second-order valence-electron chi connectivity index (χ2n) is 10.5. The smallest absolute Gasteiger partial charge is 0.211 e. The summed E-state index contributed by atoms with van der Waals surface area (Å²) < 4.78 is 31.8. The third-order valence-corrected chi connectivity index (χ3v) is 8.87. The van der Waals surface area contributed by atoms with Crippen LogP contribution in [0, 0.1) is 0 Å². The summed E-state index contributed by atoms with van der Waals surface area (Å²) in [5.74, 6) is 2.90. The van der Waals surface area contributed by atoms with E-state index in [1.54, 1.807) is 11.4 Å². The molecule has 2 aliphatic rings. The van der Waals surface area contributed by atoms with Gasteiger partial charge in [0.05, 0.1) is 6.26 Å². The molecule has 0 bridgehead atoms. The van der Waals surface area contributed by atoms with E-state index in [9.17, 15) is 13.5 Å². The van der Waals surface area contributed by atoms with Crippen molar-refractivity contribution in [3.8, 4) is 17.1 Å². The lowest BCUT2D eigenvalue weighted by Crippen LogP contribution is -2.54. The van der Waals surface area contributed by atoms with Gasteiger partial charge >= 0.3 is 0 Å². The molecule has 2 heterocycles. The number of benzene rings is 1. The number of nitrogens with one attached hydrogen (secondary N) is 1. The van der Waals surface area contributed by atoms with Crippen molar-refractivity contribution >= 4 is 21.7 Å². The van der Waals surface area contributed by atoms with Gasteiger partial charge in [0, 0.05) is 56.9 Å². The van der Waals surface area contributed by atoms with Crippen LogP contribution in [0.25, 0.3) is 11.4 Å². The van der Waals surface area contributed by atoms with Crippen LogP contribution in [-0.2, 0) is 10.0 Å². The van der Waals surface area contributed by atoms with E-state index in [1.165, 1.54) is 25.5 Å². The molecule has 1 unspecified atom stereocenters. The van der Waals surface area contributed by atoms with Gasteiger partial charge in [0.15, 0.2) is 5.82 Å². The maximum Gasteiger partial charge on any atom is 0.211 e. The molecule has 1 aromatic heterocycles. The molecule has 11 heteroatoms. The second-order valence-corrected chi connectivity index (χ2v) is 12.5. The number of hydrogen-bond acceptors (Lipinski definition) is 9. The Hall–Kier alpha value is -2.47. The Balaban J connectivity index is 1.64. The molecule has 210 valence electrons. The zero-order valence-corrected chi connectivity index (χ0v) is 23.8. The first kappa shape index (κ1) is 28.5. The van der Waals surface area contributed by atoms with Crippen molar-refractivity contribution in [3.63, 3.8) is 0 Å². The predicted molar refractivity (Wildman–Crippen MR) is 151 cm³/mol. The second kappa shape index (κ2) is 12.6. The summed E-state index contributed by atoms with van der Waals surface area (Å²) >= 11 is 0. The Morgan fingerprint density at radius 2 is 1.95 bits per heavy atom. The highest BCUT2D eigenvalue weighted by molar-refractivity contribution is 7.88. The normalized spacial score (nSPS) is 20.3. The SMILES string of the molecule is CNCC(O)COc1cccc(-c2nc(N3CCN(S(C)(=O)=O)[C@@H](C)C3)cc(N(C)C3CCCCC3)n2)c1. The maximum atomic E-state index is 12.2. The quantitative estimate of drug-likeness (QED) is 0.464. The summed E-state index contributed by atoms with van der Waals surface area (Å²) in [6.07, 6.45) is 6.69. The van der Waals surface area contributed by atoms with Gasteiger partial charge in [0.25, 0.3) is 0 Å². The van der Waals surface area contributed by atoms with Crippen molar-refractivity contribution < 1.29 is 18.3 Å². The molecule has 0 spiro atoms. The minimum absolute atomic E-state index is 0.155. The van der Waals surface area contributed by atoms with Gasteiger partial charge in [-0.25, -0.2) is 18.4 Å². The van der Waals surface area contributed by atoms with Crippen LogP contribution >= 0.6 is 0 Å². The molecule has 2 aromatic rings. The molecule has 0 amide bonds.